The van der Waals surface area contributed by atoms with Gasteiger partial charge in [-0.25, -0.2) is 9.18 Å². The maximum absolute atomic E-state index is 15.0. The summed E-state index contributed by atoms with van der Waals surface area (Å²) < 4.78 is 20.3. The summed E-state index contributed by atoms with van der Waals surface area (Å²) in [6, 6.07) is 11.2. The number of hydrogen-bond acceptors (Lipinski definition) is 6. The SMILES string of the molecule is NC(=S)NC[C@H]1CN(c2ccc(N3CCN(C(=O)/C=C/c4ccc(O)cc4)CC3)c(F)c2)C(=O)O1. The first-order valence-electron chi connectivity index (χ1n) is 11.1. The zero-order valence-electron chi connectivity index (χ0n) is 18.9. The van der Waals surface area contributed by atoms with Gasteiger partial charge < -0.3 is 30.7 Å². The summed E-state index contributed by atoms with van der Waals surface area (Å²) in [5.74, 6) is -0.410. The summed E-state index contributed by atoms with van der Waals surface area (Å²) in [6.45, 7) is 2.41. The molecule has 0 saturated carbocycles. The molecule has 4 N–H and O–H groups in total. The second kappa shape index (κ2) is 10.6. The molecule has 11 heteroatoms. The van der Waals surface area contributed by atoms with Gasteiger partial charge in [0.2, 0.25) is 5.91 Å². The van der Waals surface area contributed by atoms with Crippen molar-refractivity contribution in [2.24, 2.45) is 5.73 Å². The maximum atomic E-state index is 15.0. The summed E-state index contributed by atoms with van der Waals surface area (Å²) in [7, 11) is 0. The lowest BCUT2D eigenvalue weighted by molar-refractivity contribution is -0.126. The average Bonchev–Trinajstić information content (AvgIpc) is 3.22. The standard InChI is InChI=1S/C24H26FN5O4S/c25-20-13-17(30-15-19(34-24(30)33)14-27-23(26)35)4-7-21(20)28-9-11-29(12-10-28)22(32)8-3-16-1-5-18(31)6-2-16/h1-8,13,19,31H,9-12,14-15H2,(H3,26,27,35)/b8-3+/t19-/m0/s1. The predicted molar refractivity (Wildman–Crippen MR) is 135 cm³/mol. The number of nitrogens with one attached hydrogen (secondary N) is 1. The minimum Gasteiger partial charge on any atom is -0.508 e. The number of amides is 2. The Balaban J connectivity index is 1.33. The fraction of sp³-hybridized carbons (Fsp3) is 0.292. The molecule has 2 saturated heterocycles. The summed E-state index contributed by atoms with van der Waals surface area (Å²) in [4.78, 5) is 29.7. The molecule has 0 aromatic heterocycles. The van der Waals surface area contributed by atoms with Gasteiger partial charge in [0.1, 0.15) is 17.7 Å². The van der Waals surface area contributed by atoms with Gasteiger partial charge in [-0.15, -0.1) is 0 Å². The summed E-state index contributed by atoms with van der Waals surface area (Å²) in [5.41, 5.74) is 7.04. The van der Waals surface area contributed by atoms with Crippen molar-refractivity contribution >= 4 is 46.8 Å². The molecule has 184 valence electrons. The van der Waals surface area contributed by atoms with E-state index in [-0.39, 0.29) is 29.9 Å². The van der Waals surface area contributed by atoms with Crippen molar-refractivity contribution in [2.45, 2.75) is 6.10 Å². The molecule has 0 spiro atoms. The summed E-state index contributed by atoms with van der Waals surface area (Å²) >= 11 is 4.76. The zero-order valence-corrected chi connectivity index (χ0v) is 19.7. The Labute approximate surface area is 207 Å². The third-order valence-corrected chi connectivity index (χ3v) is 6.01. The number of ether oxygens (including phenoxy) is 1. The highest BCUT2D eigenvalue weighted by molar-refractivity contribution is 7.80. The lowest BCUT2D eigenvalue weighted by Gasteiger charge is -2.36. The van der Waals surface area contributed by atoms with Crippen LogP contribution in [0, 0.1) is 5.82 Å². The van der Waals surface area contributed by atoms with Crippen LogP contribution in [0.5, 0.6) is 5.75 Å². The van der Waals surface area contributed by atoms with Crippen LogP contribution in [0.15, 0.2) is 48.5 Å². The van der Waals surface area contributed by atoms with Gasteiger partial charge in [0.05, 0.1) is 24.5 Å². The Bertz CT molecular complexity index is 1140. The number of aromatic hydroxyl groups is 1. The predicted octanol–water partition coefficient (Wildman–Crippen LogP) is 2.05. The Morgan fingerprint density at radius 1 is 1.20 bits per heavy atom. The lowest BCUT2D eigenvalue weighted by Crippen LogP contribution is -2.48. The minimum absolute atomic E-state index is 0.116. The number of cyclic esters (lactones) is 1. The van der Waals surface area contributed by atoms with E-state index in [0.29, 0.717) is 37.6 Å². The number of carbonyl (C=O) groups is 2. The van der Waals surface area contributed by atoms with Crippen LogP contribution in [0.4, 0.5) is 20.6 Å². The highest BCUT2D eigenvalue weighted by Gasteiger charge is 2.33. The van der Waals surface area contributed by atoms with E-state index >= 15 is 0 Å². The van der Waals surface area contributed by atoms with Crippen molar-refractivity contribution in [3.63, 3.8) is 0 Å². The molecule has 1 atom stereocenters. The first-order chi connectivity index (χ1) is 16.8. The molecule has 2 aliphatic heterocycles. The Kier molecular flexibility index (Phi) is 7.35. The first-order valence-corrected chi connectivity index (χ1v) is 11.5. The second-order valence-corrected chi connectivity index (χ2v) is 8.67. The van der Waals surface area contributed by atoms with Crippen LogP contribution in [0.1, 0.15) is 5.56 Å². The van der Waals surface area contributed by atoms with E-state index in [9.17, 15) is 19.1 Å². The fourth-order valence-electron chi connectivity index (χ4n) is 4.00. The van der Waals surface area contributed by atoms with E-state index in [4.69, 9.17) is 22.7 Å². The van der Waals surface area contributed by atoms with Crippen molar-refractivity contribution in [3.8, 4) is 5.75 Å². The number of piperazine rings is 1. The Morgan fingerprint density at radius 3 is 2.57 bits per heavy atom. The second-order valence-electron chi connectivity index (χ2n) is 8.23. The number of nitrogens with zero attached hydrogens (tertiary/aromatic N) is 3. The van der Waals surface area contributed by atoms with Gasteiger partial charge in [0.25, 0.3) is 0 Å². The summed E-state index contributed by atoms with van der Waals surface area (Å²) in [6.07, 6.45) is 2.19. The number of phenols is 1. The van der Waals surface area contributed by atoms with Gasteiger partial charge in [-0.1, -0.05) is 12.1 Å². The van der Waals surface area contributed by atoms with Crippen LogP contribution in [0.25, 0.3) is 6.08 Å². The molecule has 0 radical (unpaired) electrons. The minimum atomic E-state index is -0.556. The van der Waals surface area contributed by atoms with E-state index in [0.717, 1.165) is 5.56 Å². The topological polar surface area (TPSA) is 111 Å². The van der Waals surface area contributed by atoms with Crippen LogP contribution in [-0.4, -0.2) is 72.5 Å². The van der Waals surface area contributed by atoms with Gasteiger partial charge in [-0.05, 0) is 54.2 Å². The number of nitrogens with two attached hydrogens (primary N) is 1. The molecule has 35 heavy (non-hydrogen) atoms. The molecule has 9 nitrogen and oxygen atoms in total. The molecule has 2 fully saturated rings. The zero-order chi connectivity index (χ0) is 24.9. The van der Waals surface area contributed by atoms with Gasteiger partial charge in [-0.2, -0.15) is 0 Å². The van der Waals surface area contributed by atoms with Crippen molar-refractivity contribution in [1.82, 2.24) is 10.2 Å². The van der Waals surface area contributed by atoms with Crippen LogP contribution >= 0.6 is 12.2 Å². The monoisotopic (exact) mass is 499 g/mol. The van der Waals surface area contributed by atoms with Gasteiger partial charge >= 0.3 is 6.09 Å². The third-order valence-electron chi connectivity index (χ3n) is 5.86. The number of phenolic OH excluding ortho intramolecular Hbond substituents is 1. The number of thiocarbonyl (C=S) groups is 1. The number of anilines is 2. The Morgan fingerprint density at radius 2 is 1.91 bits per heavy atom. The molecule has 2 aromatic rings. The Hall–Kier alpha value is -3.86. The molecular formula is C24H26FN5O4S. The van der Waals surface area contributed by atoms with E-state index in [1.54, 1.807) is 47.4 Å². The number of hydrogen-bond donors (Lipinski definition) is 3. The highest BCUT2D eigenvalue weighted by Crippen LogP contribution is 2.28. The molecule has 2 heterocycles. The van der Waals surface area contributed by atoms with Crippen molar-refractivity contribution in [3.05, 3.63) is 59.9 Å². The number of rotatable bonds is 6. The lowest BCUT2D eigenvalue weighted by atomic mass is 10.2. The van der Waals surface area contributed by atoms with Gasteiger partial charge in [0, 0.05) is 32.3 Å². The molecule has 2 amide bonds. The van der Waals surface area contributed by atoms with Crippen LogP contribution in [-0.2, 0) is 9.53 Å². The van der Waals surface area contributed by atoms with Crippen molar-refractivity contribution < 1.29 is 23.8 Å². The highest BCUT2D eigenvalue weighted by atomic mass is 32.1. The number of halogens is 1. The third kappa shape index (κ3) is 5.99. The van der Waals surface area contributed by atoms with E-state index in [1.807, 2.05) is 4.90 Å². The van der Waals surface area contributed by atoms with Gasteiger partial charge in [-0.3, -0.25) is 9.69 Å². The van der Waals surface area contributed by atoms with E-state index in [2.05, 4.69) is 5.32 Å². The molecule has 0 aliphatic carbocycles. The number of carbonyl (C=O) groups excluding carboxylic acids is 2. The quantitative estimate of drug-likeness (QED) is 0.409. The molecule has 4 rings (SSSR count). The first kappa shape index (κ1) is 24.3. The van der Waals surface area contributed by atoms with Crippen LogP contribution in [0.3, 0.4) is 0 Å². The van der Waals surface area contributed by atoms with E-state index in [1.165, 1.54) is 17.0 Å². The smallest absolute Gasteiger partial charge is 0.414 e. The van der Waals surface area contributed by atoms with Crippen LogP contribution < -0.4 is 20.9 Å². The molecule has 0 unspecified atom stereocenters. The molecule has 2 aliphatic rings. The average molecular weight is 500 g/mol. The van der Waals surface area contributed by atoms with Crippen LogP contribution in [0.2, 0.25) is 0 Å². The summed E-state index contributed by atoms with van der Waals surface area (Å²) in [5, 5.41) is 12.2. The maximum Gasteiger partial charge on any atom is 0.414 e. The molecular weight excluding hydrogens is 473 g/mol. The molecule has 2 aromatic carbocycles. The number of benzene rings is 2. The van der Waals surface area contributed by atoms with Crippen molar-refractivity contribution in [2.75, 3.05) is 49.1 Å². The van der Waals surface area contributed by atoms with E-state index < -0.39 is 18.0 Å². The normalized spacial score (nSPS) is 18.1. The van der Waals surface area contributed by atoms with Crippen molar-refractivity contribution in [1.29, 1.82) is 0 Å². The largest absolute Gasteiger partial charge is 0.508 e. The molecule has 0 bridgehead atoms. The fourth-order valence-corrected chi connectivity index (χ4v) is 4.08. The van der Waals surface area contributed by atoms with Gasteiger partial charge in [0.15, 0.2) is 5.11 Å².